The van der Waals surface area contributed by atoms with E-state index in [1.807, 2.05) is 27.7 Å². The van der Waals surface area contributed by atoms with E-state index in [-0.39, 0.29) is 0 Å². The van der Waals surface area contributed by atoms with Crippen molar-refractivity contribution in [1.82, 2.24) is 4.90 Å². The van der Waals surface area contributed by atoms with E-state index in [0.717, 1.165) is 13.2 Å². The lowest BCUT2D eigenvalue weighted by Crippen LogP contribution is -2.50. The Labute approximate surface area is 96.0 Å². The third-order valence-electron chi connectivity index (χ3n) is 3.18. The molecule has 0 radical (unpaired) electrons. The maximum absolute atomic E-state index is 5.27. The fourth-order valence-electron chi connectivity index (χ4n) is 2.02. The molecular weight excluding hydrogens is 186 g/mol. The van der Waals surface area contributed by atoms with E-state index in [1.54, 1.807) is 0 Å². The van der Waals surface area contributed by atoms with Crippen LogP contribution in [-0.4, -0.2) is 37.7 Å². The van der Waals surface area contributed by atoms with Crippen LogP contribution in [0.5, 0.6) is 0 Å². The Balaban J connectivity index is 0.000000442. The smallest absolute Gasteiger partial charge is 0.0545 e. The molecule has 2 saturated heterocycles. The molecule has 1 spiro atoms. The molecule has 2 aliphatic rings. The van der Waals surface area contributed by atoms with E-state index >= 15 is 0 Å². The first-order chi connectivity index (χ1) is 7.35. The largest absolute Gasteiger partial charge is 0.380 e. The number of likely N-dealkylation sites (tertiary alicyclic amines) is 1. The molecule has 0 aliphatic carbocycles. The zero-order valence-electron chi connectivity index (χ0n) is 11.3. The lowest BCUT2D eigenvalue weighted by atomic mass is 9.77. The number of hydrogen-bond acceptors (Lipinski definition) is 2. The summed E-state index contributed by atoms with van der Waals surface area (Å²) in [7, 11) is 0. The molecule has 2 fully saturated rings. The molecule has 0 bridgehead atoms. The van der Waals surface area contributed by atoms with Crippen LogP contribution < -0.4 is 0 Å². The van der Waals surface area contributed by atoms with Gasteiger partial charge in [0.2, 0.25) is 0 Å². The molecule has 0 aromatic heterocycles. The average molecular weight is 215 g/mol. The van der Waals surface area contributed by atoms with Gasteiger partial charge in [0.1, 0.15) is 0 Å². The summed E-state index contributed by atoms with van der Waals surface area (Å²) in [6, 6.07) is 0. The molecule has 0 saturated carbocycles. The van der Waals surface area contributed by atoms with Gasteiger partial charge < -0.3 is 9.64 Å². The predicted octanol–water partition coefficient (Wildman–Crippen LogP) is 3.17. The molecule has 0 amide bonds. The van der Waals surface area contributed by atoms with Crippen LogP contribution >= 0.6 is 0 Å². The van der Waals surface area contributed by atoms with E-state index < -0.39 is 0 Å². The Kier molecular flexibility index (Phi) is 8.07. The van der Waals surface area contributed by atoms with Crippen LogP contribution in [0.2, 0.25) is 0 Å². The zero-order chi connectivity index (χ0) is 11.7. The minimum atomic E-state index is 0.617. The van der Waals surface area contributed by atoms with E-state index in [1.165, 1.54) is 32.5 Å². The van der Waals surface area contributed by atoms with Gasteiger partial charge >= 0.3 is 0 Å². The SMILES string of the molecule is CC.CC.CCN1CCC2(CC1)COC2. The number of ether oxygens (including phenoxy) is 1. The Morgan fingerprint density at radius 1 is 1.00 bits per heavy atom. The molecule has 0 N–H and O–H groups in total. The van der Waals surface area contributed by atoms with E-state index in [4.69, 9.17) is 4.74 Å². The third-order valence-corrected chi connectivity index (χ3v) is 3.18. The van der Waals surface area contributed by atoms with Crippen molar-refractivity contribution in [3.63, 3.8) is 0 Å². The van der Waals surface area contributed by atoms with Gasteiger partial charge in [-0.3, -0.25) is 0 Å². The molecule has 2 heteroatoms. The maximum atomic E-state index is 5.27. The second-order valence-electron chi connectivity index (χ2n) is 3.93. The molecule has 2 rings (SSSR count). The molecule has 0 unspecified atom stereocenters. The average Bonchev–Trinajstić information content (AvgIpc) is 2.32. The number of rotatable bonds is 1. The topological polar surface area (TPSA) is 12.5 Å². The van der Waals surface area contributed by atoms with E-state index in [0.29, 0.717) is 5.41 Å². The first-order valence-electron chi connectivity index (χ1n) is 6.65. The summed E-state index contributed by atoms with van der Waals surface area (Å²) in [5.41, 5.74) is 0.617. The lowest BCUT2D eigenvalue weighted by Gasteiger charge is -2.47. The van der Waals surface area contributed by atoms with Crippen molar-refractivity contribution in [2.75, 3.05) is 32.8 Å². The van der Waals surface area contributed by atoms with Gasteiger partial charge in [0, 0.05) is 5.41 Å². The van der Waals surface area contributed by atoms with Crippen LogP contribution in [0.1, 0.15) is 47.5 Å². The van der Waals surface area contributed by atoms with Crippen molar-refractivity contribution in [2.45, 2.75) is 47.5 Å². The fourth-order valence-corrected chi connectivity index (χ4v) is 2.02. The molecule has 15 heavy (non-hydrogen) atoms. The van der Waals surface area contributed by atoms with Crippen molar-refractivity contribution in [3.05, 3.63) is 0 Å². The summed E-state index contributed by atoms with van der Waals surface area (Å²) in [6.45, 7) is 16.1. The first-order valence-corrected chi connectivity index (χ1v) is 6.65. The summed E-state index contributed by atoms with van der Waals surface area (Å²) in [6.07, 6.45) is 2.72. The van der Waals surface area contributed by atoms with Gasteiger partial charge in [0.15, 0.2) is 0 Å². The normalized spacial score (nSPS) is 23.0. The first kappa shape index (κ1) is 14.9. The second-order valence-corrected chi connectivity index (χ2v) is 3.93. The Bertz CT molecular complexity index is 133. The van der Waals surface area contributed by atoms with Gasteiger partial charge in [0.25, 0.3) is 0 Å². The van der Waals surface area contributed by atoms with Gasteiger partial charge in [-0.15, -0.1) is 0 Å². The summed E-state index contributed by atoms with van der Waals surface area (Å²) in [5, 5.41) is 0. The highest BCUT2D eigenvalue weighted by atomic mass is 16.5. The molecule has 2 aliphatic heterocycles. The Morgan fingerprint density at radius 2 is 1.47 bits per heavy atom. The molecule has 0 aromatic rings. The Hall–Kier alpha value is -0.0800. The highest BCUT2D eigenvalue weighted by Crippen LogP contribution is 2.38. The number of hydrogen-bond donors (Lipinski definition) is 0. The molecule has 92 valence electrons. The zero-order valence-corrected chi connectivity index (χ0v) is 11.3. The van der Waals surface area contributed by atoms with Crippen LogP contribution in [0.25, 0.3) is 0 Å². The summed E-state index contributed by atoms with van der Waals surface area (Å²) in [4.78, 5) is 2.53. The van der Waals surface area contributed by atoms with Gasteiger partial charge in [0.05, 0.1) is 13.2 Å². The maximum Gasteiger partial charge on any atom is 0.0545 e. The highest BCUT2D eigenvalue weighted by Gasteiger charge is 2.40. The van der Waals surface area contributed by atoms with Crippen molar-refractivity contribution in [1.29, 1.82) is 0 Å². The van der Waals surface area contributed by atoms with Crippen molar-refractivity contribution >= 4 is 0 Å². The van der Waals surface area contributed by atoms with Crippen molar-refractivity contribution < 1.29 is 4.74 Å². The molecule has 2 heterocycles. The van der Waals surface area contributed by atoms with Gasteiger partial charge in [-0.05, 0) is 32.5 Å². The van der Waals surface area contributed by atoms with Crippen LogP contribution in [0.4, 0.5) is 0 Å². The van der Waals surface area contributed by atoms with Crippen molar-refractivity contribution in [3.8, 4) is 0 Å². The number of piperidine rings is 1. The molecule has 0 aromatic carbocycles. The van der Waals surface area contributed by atoms with Gasteiger partial charge in [-0.1, -0.05) is 34.6 Å². The summed E-state index contributed by atoms with van der Waals surface area (Å²) in [5.74, 6) is 0. The minimum Gasteiger partial charge on any atom is -0.380 e. The lowest BCUT2D eigenvalue weighted by molar-refractivity contribution is -0.139. The standard InChI is InChI=1S/C9H17NO.2C2H6/c1-2-10-5-3-9(4-6-10)7-11-8-9;2*1-2/h2-8H2,1H3;2*1-2H3. The molecular formula is C13H29NO. The Morgan fingerprint density at radius 3 is 1.73 bits per heavy atom. The van der Waals surface area contributed by atoms with E-state index in [2.05, 4.69) is 11.8 Å². The predicted molar refractivity (Wildman–Crippen MR) is 67.3 cm³/mol. The molecule has 0 atom stereocenters. The van der Waals surface area contributed by atoms with Crippen LogP contribution in [0.15, 0.2) is 0 Å². The van der Waals surface area contributed by atoms with Crippen LogP contribution in [0, 0.1) is 5.41 Å². The third kappa shape index (κ3) is 4.12. The monoisotopic (exact) mass is 215 g/mol. The van der Waals surface area contributed by atoms with Crippen LogP contribution in [-0.2, 0) is 4.74 Å². The fraction of sp³-hybridized carbons (Fsp3) is 1.00. The van der Waals surface area contributed by atoms with Gasteiger partial charge in [-0.25, -0.2) is 0 Å². The number of nitrogens with zero attached hydrogens (tertiary/aromatic N) is 1. The van der Waals surface area contributed by atoms with Crippen molar-refractivity contribution in [2.24, 2.45) is 5.41 Å². The van der Waals surface area contributed by atoms with E-state index in [9.17, 15) is 0 Å². The summed E-state index contributed by atoms with van der Waals surface area (Å²) >= 11 is 0. The van der Waals surface area contributed by atoms with Gasteiger partial charge in [-0.2, -0.15) is 0 Å². The summed E-state index contributed by atoms with van der Waals surface area (Å²) < 4.78 is 5.27. The highest BCUT2D eigenvalue weighted by molar-refractivity contribution is 4.90. The quantitative estimate of drug-likeness (QED) is 0.666. The minimum absolute atomic E-state index is 0.617. The van der Waals surface area contributed by atoms with Crippen LogP contribution in [0.3, 0.4) is 0 Å². The second kappa shape index (κ2) is 8.12. The molecule has 2 nitrogen and oxygen atoms in total.